The molecule has 2 heterocycles. The predicted molar refractivity (Wildman–Crippen MR) is 93.4 cm³/mol. The largest absolute Gasteiger partial charge is 0.381 e. The molecular weight excluding hydrogens is 362 g/mol. The Bertz CT molecular complexity index is 931. The van der Waals surface area contributed by atoms with Crippen LogP contribution in [0.25, 0.3) is 11.1 Å². The summed E-state index contributed by atoms with van der Waals surface area (Å²) in [7, 11) is -3.83. The Hall–Kier alpha value is -1.98. The summed E-state index contributed by atoms with van der Waals surface area (Å²) in [4.78, 5) is 4.42. The van der Waals surface area contributed by atoms with Gasteiger partial charge in [0.15, 0.2) is 0 Å². The zero-order valence-corrected chi connectivity index (χ0v) is 14.8. The van der Waals surface area contributed by atoms with E-state index in [1.54, 1.807) is 18.3 Å². The van der Waals surface area contributed by atoms with Crippen molar-refractivity contribution >= 4 is 21.6 Å². The number of ether oxygens (including phenoxy) is 1. The maximum Gasteiger partial charge on any atom is 0.238 e. The van der Waals surface area contributed by atoms with E-state index >= 15 is 0 Å². The van der Waals surface area contributed by atoms with Gasteiger partial charge >= 0.3 is 0 Å². The molecule has 0 bridgehead atoms. The predicted octanol–water partition coefficient (Wildman–Crippen LogP) is 2.62. The summed E-state index contributed by atoms with van der Waals surface area (Å²) in [5, 5.41) is 15.2. The Balaban J connectivity index is 2.00. The van der Waals surface area contributed by atoms with Crippen molar-refractivity contribution in [3.05, 3.63) is 47.2 Å². The lowest BCUT2D eigenvalue weighted by Gasteiger charge is -2.30. The molecule has 130 valence electrons. The fraction of sp³-hybridized carbons (Fsp3) is 0.294. The summed E-state index contributed by atoms with van der Waals surface area (Å²) in [6.07, 6.45) is 2.78. The third kappa shape index (κ3) is 3.53. The van der Waals surface area contributed by atoms with Gasteiger partial charge in [0.2, 0.25) is 10.0 Å². The molecule has 6 nitrogen and oxygen atoms in total. The highest BCUT2D eigenvalue weighted by Crippen LogP contribution is 2.35. The Morgan fingerprint density at radius 1 is 1.24 bits per heavy atom. The van der Waals surface area contributed by atoms with Crippen molar-refractivity contribution in [1.82, 2.24) is 4.98 Å². The Morgan fingerprint density at radius 3 is 2.52 bits per heavy atom. The molecule has 0 saturated carbocycles. The van der Waals surface area contributed by atoms with Gasteiger partial charge in [-0.15, -0.1) is 0 Å². The van der Waals surface area contributed by atoms with Gasteiger partial charge in [0.25, 0.3) is 0 Å². The van der Waals surface area contributed by atoms with Gasteiger partial charge in [-0.05, 0) is 37.1 Å². The second kappa shape index (κ2) is 6.73. The van der Waals surface area contributed by atoms with Crippen LogP contribution in [-0.2, 0) is 20.2 Å². The van der Waals surface area contributed by atoms with E-state index in [-0.39, 0.29) is 4.90 Å². The smallest absolute Gasteiger partial charge is 0.238 e. The molecule has 1 fully saturated rings. The standard InChI is InChI=1S/C17H16ClN3O3S/c18-15-3-2-13(25(20,22)23)9-14(15)12-1-4-16(21-10-12)17(11-19)5-7-24-8-6-17/h1-4,9-10H,5-8H2,(H2,20,22,23). The number of primary sulfonamides is 1. The van der Waals surface area contributed by atoms with Gasteiger partial charge in [-0.1, -0.05) is 17.7 Å². The van der Waals surface area contributed by atoms with Gasteiger partial charge in [-0.2, -0.15) is 5.26 Å². The summed E-state index contributed by atoms with van der Waals surface area (Å²) in [5.74, 6) is 0. The number of nitrogens with two attached hydrogens (primary N) is 1. The topological polar surface area (TPSA) is 106 Å². The van der Waals surface area contributed by atoms with Crippen molar-refractivity contribution in [2.75, 3.05) is 13.2 Å². The molecule has 2 aromatic rings. The molecule has 2 N–H and O–H groups in total. The van der Waals surface area contributed by atoms with E-state index in [1.165, 1.54) is 18.2 Å². The second-order valence-electron chi connectivity index (χ2n) is 5.93. The number of hydrogen-bond donors (Lipinski definition) is 1. The molecule has 0 aliphatic carbocycles. The number of rotatable bonds is 3. The molecule has 1 aliphatic rings. The minimum atomic E-state index is -3.83. The van der Waals surface area contributed by atoms with Gasteiger partial charge < -0.3 is 4.74 Å². The van der Waals surface area contributed by atoms with Crippen LogP contribution < -0.4 is 5.14 Å². The lowest BCUT2D eigenvalue weighted by Crippen LogP contribution is -2.33. The van der Waals surface area contributed by atoms with E-state index < -0.39 is 15.4 Å². The minimum Gasteiger partial charge on any atom is -0.381 e. The van der Waals surface area contributed by atoms with Gasteiger partial charge in [0, 0.05) is 35.6 Å². The van der Waals surface area contributed by atoms with Crippen LogP contribution in [0, 0.1) is 11.3 Å². The van der Waals surface area contributed by atoms with E-state index in [4.69, 9.17) is 21.5 Å². The first-order valence-corrected chi connectivity index (χ1v) is 9.56. The highest BCUT2D eigenvalue weighted by molar-refractivity contribution is 7.89. The van der Waals surface area contributed by atoms with E-state index in [0.717, 1.165) is 0 Å². The SMILES string of the molecule is N#CC1(c2ccc(-c3cc(S(N)(=O)=O)ccc3Cl)cn2)CCOCC1. The summed E-state index contributed by atoms with van der Waals surface area (Å²) in [5.41, 5.74) is 1.20. The van der Waals surface area contributed by atoms with Crippen LogP contribution in [0.4, 0.5) is 0 Å². The molecule has 25 heavy (non-hydrogen) atoms. The number of nitriles is 1. The fourth-order valence-electron chi connectivity index (χ4n) is 2.88. The van der Waals surface area contributed by atoms with Crippen LogP contribution in [0.3, 0.4) is 0 Å². The average Bonchev–Trinajstić information content (AvgIpc) is 2.62. The first kappa shape index (κ1) is 17.8. The van der Waals surface area contributed by atoms with Gasteiger partial charge in [-0.3, -0.25) is 4.98 Å². The normalized spacial score (nSPS) is 17.0. The Labute approximate surface area is 151 Å². The molecule has 1 aromatic carbocycles. The quantitative estimate of drug-likeness (QED) is 0.884. The van der Waals surface area contributed by atoms with Crippen LogP contribution in [0.5, 0.6) is 0 Å². The molecule has 0 unspecified atom stereocenters. The maximum absolute atomic E-state index is 11.5. The van der Waals surface area contributed by atoms with E-state index in [0.29, 0.717) is 47.9 Å². The van der Waals surface area contributed by atoms with Crippen molar-refractivity contribution in [1.29, 1.82) is 5.26 Å². The number of halogens is 1. The summed E-state index contributed by atoms with van der Waals surface area (Å²) >= 11 is 6.19. The van der Waals surface area contributed by atoms with Gasteiger partial charge in [0.1, 0.15) is 5.41 Å². The van der Waals surface area contributed by atoms with E-state index in [9.17, 15) is 13.7 Å². The summed E-state index contributed by atoms with van der Waals surface area (Å²) < 4.78 is 28.4. The summed E-state index contributed by atoms with van der Waals surface area (Å²) in [6.45, 7) is 1.05. The zero-order valence-electron chi connectivity index (χ0n) is 13.3. The molecule has 1 aromatic heterocycles. The number of nitrogens with zero attached hydrogens (tertiary/aromatic N) is 2. The first-order chi connectivity index (χ1) is 11.9. The molecule has 0 atom stereocenters. The number of benzene rings is 1. The first-order valence-electron chi connectivity index (χ1n) is 7.64. The molecule has 0 amide bonds. The molecule has 0 spiro atoms. The van der Waals surface area contributed by atoms with Gasteiger partial charge in [-0.25, -0.2) is 13.6 Å². The maximum atomic E-state index is 11.5. The van der Waals surface area contributed by atoms with Crippen LogP contribution in [0.15, 0.2) is 41.4 Å². The van der Waals surface area contributed by atoms with Crippen LogP contribution >= 0.6 is 11.6 Å². The van der Waals surface area contributed by atoms with E-state index in [2.05, 4.69) is 11.1 Å². The van der Waals surface area contributed by atoms with Crippen LogP contribution in [0.2, 0.25) is 5.02 Å². The monoisotopic (exact) mass is 377 g/mol. The third-order valence-electron chi connectivity index (χ3n) is 4.39. The van der Waals surface area contributed by atoms with Crippen molar-refractivity contribution in [2.24, 2.45) is 5.14 Å². The fourth-order valence-corrected chi connectivity index (χ4v) is 3.65. The Kier molecular flexibility index (Phi) is 4.80. The number of aromatic nitrogens is 1. The average molecular weight is 378 g/mol. The lowest BCUT2D eigenvalue weighted by atomic mass is 9.78. The van der Waals surface area contributed by atoms with Gasteiger partial charge in [0.05, 0.1) is 16.7 Å². The molecule has 1 aliphatic heterocycles. The van der Waals surface area contributed by atoms with Crippen molar-refractivity contribution in [2.45, 2.75) is 23.2 Å². The molecular formula is C17H16ClN3O3S. The minimum absolute atomic E-state index is 0.0195. The molecule has 1 saturated heterocycles. The van der Waals surface area contributed by atoms with Crippen LogP contribution in [0.1, 0.15) is 18.5 Å². The van der Waals surface area contributed by atoms with Crippen molar-refractivity contribution in [3.8, 4) is 17.2 Å². The lowest BCUT2D eigenvalue weighted by molar-refractivity contribution is 0.0664. The highest BCUT2D eigenvalue weighted by Gasteiger charge is 2.36. The highest BCUT2D eigenvalue weighted by atomic mass is 35.5. The second-order valence-corrected chi connectivity index (χ2v) is 7.89. The van der Waals surface area contributed by atoms with Crippen molar-refractivity contribution in [3.63, 3.8) is 0 Å². The third-order valence-corrected chi connectivity index (χ3v) is 5.63. The van der Waals surface area contributed by atoms with E-state index in [1.807, 2.05) is 0 Å². The number of pyridine rings is 1. The number of sulfonamides is 1. The molecule has 3 rings (SSSR count). The summed E-state index contributed by atoms with van der Waals surface area (Å²) in [6, 6.07) is 10.2. The molecule has 0 radical (unpaired) electrons. The van der Waals surface area contributed by atoms with Crippen LogP contribution in [-0.4, -0.2) is 26.6 Å². The number of hydrogen-bond acceptors (Lipinski definition) is 5. The van der Waals surface area contributed by atoms with Crippen molar-refractivity contribution < 1.29 is 13.2 Å². The molecule has 8 heteroatoms. The zero-order chi connectivity index (χ0) is 18.1. The Morgan fingerprint density at radius 2 is 1.96 bits per heavy atom.